The number of rotatable bonds is 3. The molecule has 0 unspecified atom stereocenters. The van der Waals surface area contributed by atoms with Gasteiger partial charge in [-0.3, -0.25) is 0 Å². The van der Waals surface area contributed by atoms with Gasteiger partial charge in [-0.1, -0.05) is 12.1 Å². The Morgan fingerprint density at radius 1 is 1.14 bits per heavy atom. The number of methoxy groups -OCH3 is 1. The summed E-state index contributed by atoms with van der Waals surface area (Å²) in [7, 11) is 1.70. The molecule has 4 nitrogen and oxygen atoms in total. The van der Waals surface area contributed by atoms with Crippen LogP contribution in [0, 0.1) is 6.92 Å². The fourth-order valence-electron chi connectivity index (χ4n) is 2.91. The monoisotopic (exact) mass is 283 g/mol. The molecule has 1 aromatic heterocycles. The van der Waals surface area contributed by atoms with E-state index in [0.717, 1.165) is 54.5 Å². The molecule has 2 aromatic rings. The number of hydrogen-bond acceptors (Lipinski definition) is 4. The molecule has 1 N–H and O–H groups in total. The van der Waals surface area contributed by atoms with Crippen molar-refractivity contribution >= 4 is 0 Å². The number of benzene rings is 1. The summed E-state index contributed by atoms with van der Waals surface area (Å²) in [6.45, 7) is 4.10. The molecule has 1 aromatic carbocycles. The fourth-order valence-corrected chi connectivity index (χ4v) is 2.91. The second kappa shape index (κ2) is 6.22. The van der Waals surface area contributed by atoms with Gasteiger partial charge in [-0.05, 0) is 51.1 Å². The van der Waals surface area contributed by atoms with Crippen molar-refractivity contribution in [2.75, 3.05) is 20.2 Å². The standard InChI is InChI=1S/C17H21N3O/c1-12-19-15(13-7-9-18-10-8-13)11-16(20-12)14-5-3-4-6-17(14)21-2/h3-6,11,13,18H,7-10H2,1-2H3. The molecule has 0 atom stereocenters. The van der Waals surface area contributed by atoms with Gasteiger partial charge < -0.3 is 10.1 Å². The zero-order valence-electron chi connectivity index (χ0n) is 12.6. The van der Waals surface area contributed by atoms with Crippen LogP contribution in [0.5, 0.6) is 5.75 Å². The second-order valence-electron chi connectivity index (χ2n) is 5.45. The number of ether oxygens (including phenoxy) is 1. The van der Waals surface area contributed by atoms with E-state index in [1.165, 1.54) is 0 Å². The maximum absolute atomic E-state index is 5.45. The van der Waals surface area contributed by atoms with Crippen LogP contribution in [0.15, 0.2) is 30.3 Å². The number of para-hydroxylation sites is 1. The molecular weight excluding hydrogens is 262 g/mol. The van der Waals surface area contributed by atoms with E-state index in [-0.39, 0.29) is 0 Å². The lowest BCUT2D eigenvalue weighted by Gasteiger charge is -2.22. The Kier molecular flexibility index (Phi) is 4.15. The Balaban J connectivity index is 2.01. The Labute approximate surface area is 125 Å². The third-order valence-corrected chi connectivity index (χ3v) is 4.00. The zero-order valence-corrected chi connectivity index (χ0v) is 12.6. The summed E-state index contributed by atoms with van der Waals surface area (Å²) in [4.78, 5) is 9.26. The quantitative estimate of drug-likeness (QED) is 0.941. The van der Waals surface area contributed by atoms with Crippen molar-refractivity contribution in [3.8, 4) is 17.0 Å². The summed E-state index contributed by atoms with van der Waals surface area (Å²) in [5.41, 5.74) is 3.14. The summed E-state index contributed by atoms with van der Waals surface area (Å²) in [6.07, 6.45) is 2.28. The van der Waals surface area contributed by atoms with E-state index in [4.69, 9.17) is 4.74 Å². The zero-order chi connectivity index (χ0) is 14.7. The maximum Gasteiger partial charge on any atom is 0.128 e. The summed E-state index contributed by atoms with van der Waals surface area (Å²) >= 11 is 0. The van der Waals surface area contributed by atoms with Crippen LogP contribution in [-0.2, 0) is 0 Å². The molecule has 0 spiro atoms. The minimum absolute atomic E-state index is 0.529. The Morgan fingerprint density at radius 3 is 2.67 bits per heavy atom. The largest absolute Gasteiger partial charge is 0.496 e. The minimum Gasteiger partial charge on any atom is -0.496 e. The van der Waals surface area contributed by atoms with Gasteiger partial charge in [0.25, 0.3) is 0 Å². The molecule has 2 heterocycles. The van der Waals surface area contributed by atoms with Crippen LogP contribution in [0.1, 0.15) is 30.3 Å². The first-order valence-electron chi connectivity index (χ1n) is 7.47. The Hall–Kier alpha value is -1.94. The summed E-state index contributed by atoms with van der Waals surface area (Å²) in [6, 6.07) is 10.1. The molecule has 110 valence electrons. The molecule has 0 bridgehead atoms. The van der Waals surface area contributed by atoms with Crippen LogP contribution < -0.4 is 10.1 Å². The van der Waals surface area contributed by atoms with Crippen molar-refractivity contribution in [2.24, 2.45) is 0 Å². The van der Waals surface area contributed by atoms with Gasteiger partial charge in [-0.2, -0.15) is 0 Å². The molecule has 1 saturated heterocycles. The van der Waals surface area contributed by atoms with Gasteiger partial charge in [0.2, 0.25) is 0 Å². The van der Waals surface area contributed by atoms with Crippen molar-refractivity contribution in [3.63, 3.8) is 0 Å². The Morgan fingerprint density at radius 2 is 1.90 bits per heavy atom. The van der Waals surface area contributed by atoms with E-state index >= 15 is 0 Å². The third-order valence-electron chi connectivity index (χ3n) is 4.00. The van der Waals surface area contributed by atoms with Gasteiger partial charge in [0.1, 0.15) is 11.6 Å². The molecule has 4 heteroatoms. The first-order valence-corrected chi connectivity index (χ1v) is 7.47. The Bertz CT molecular complexity index is 621. The van der Waals surface area contributed by atoms with Crippen LogP contribution in [0.25, 0.3) is 11.3 Å². The molecule has 0 saturated carbocycles. The van der Waals surface area contributed by atoms with Crippen LogP contribution in [-0.4, -0.2) is 30.2 Å². The van der Waals surface area contributed by atoms with Gasteiger partial charge in [0.15, 0.2) is 0 Å². The normalized spacial score (nSPS) is 15.9. The number of aromatic nitrogens is 2. The van der Waals surface area contributed by atoms with Crippen molar-refractivity contribution in [1.29, 1.82) is 0 Å². The number of nitrogens with zero attached hydrogens (tertiary/aromatic N) is 2. The lowest BCUT2D eigenvalue weighted by molar-refractivity contribution is 0.416. The van der Waals surface area contributed by atoms with Crippen LogP contribution in [0.4, 0.5) is 0 Å². The molecule has 1 aliphatic rings. The number of piperidine rings is 1. The number of hydrogen-bond donors (Lipinski definition) is 1. The predicted molar refractivity (Wildman–Crippen MR) is 83.6 cm³/mol. The summed E-state index contributed by atoms with van der Waals surface area (Å²) < 4.78 is 5.45. The number of aryl methyl sites for hydroxylation is 1. The molecule has 21 heavy (non-hydrogen) atoms. The lowest BCUT2D eigenvalue weighted by atomic mass is 9.93. The van der Waals surface area contributed by atoms with E-state index in [0.29, 0.717) is 5.92 Å². The molecule has 0 aliphatic carbocycles. The average Bonchev–Trinajstić information content (AvgIpc) is 2.55. The predicted octanol–water partition coefficient (Wildman–Crippen LogP) is 2.93. The van der Waals surface area contributed by atoms with Crippen LogP contribution >= 0.6 is 0 Å². The van der Waals surface area contributed by atoms with Crippen molar-refractivity contribution in [1.82, 2.24) is 15.3 Å². The van der Waals surface area contributed by atoms with E-state index in [2.05, 4.69) is 21.4 Å². The van der Waals surface area contributed by atoms with Gasteiger partial charge in [0, 0.05) is 17.2 Å². The minimum atomic E-state index is 0.529. The van der Waals surface area contributed by atoms with Gasteiger partial charge in [-0.25, -0.2) is 9.97 Å². The lowest BCUT2D eigenvalue weighted by Crippen LogP contribution is -2.27. The number of nitrogens with one attached hydrogen (secondary N) is 1. The van der Waals surface area contributed by atoms with Crippen LogP contribution in [0.2, 0.25) is 0 Å². The van der Waals surface area contributed by atoms with Gasteiger partial charge in [0.05, 0.1) is 12.8 Å². The average molecular weight is 283 g/mol. The molecule has 0 amide bonds. The van der Waals surface area contributed by atoms with Crippen molar-refractivity contribution in [2.45, 2.75) is 25.7 Å². The highest BCUT2D eigenvalue weighted by Gasteiger charge is 2.18. The molecule has 1 fully saturated rings. The molecular formula is C17H21N3O. The highest BCUT2D eigenvalue weighted by molar-refractivity contribution is 5.67. The first-order chi connectivity index (χ1) is 10.3. The van der Waals surface area contributed by atoms with Crippen LogP contribution in [0.3, 0.4) is 0 Å². The van der Waals surface area contributed by atoms with E-state index < -0.39 is 0 Å². The fraction of sp³-hybridized carbons (Fsp3) is 0.412. The van der Waals surface area contributed by atoms with Gasteiger partial charge in [-0.15, -0.1) is 0 Å². The van der Waals surface area contributed by atoms with E-state index in [1.54, 1.807) is 7.11 Å². The highest BCUT2D eigenvalue weighted by Crippen LogP contribution is 2.31. The summed E-state index contributed by atoms with van der Waals surface area (Å²) in [5, 5.41) is 3.40. The summed E-state index contributed by atoms with van der Waals surface area (Å²) in [5.74, 6) is 2.21. The van der Waals surface area contributed by atoms with Gasteiger partial charge >= 0.3 is 0 Å². The smallest absolute Gasteiger partial charge is 0.128 e. The second-order valence-corrected chi connectivity index (χ2v) is 5.45. The van der Waals surface area contributed by atoms with Crippen molar-refractivity contribution < 1.29 is 4.74 Å². The van der Waals surface area contributed by atoms with Crippen molar-refractivity contribution in [3.05, 3.63) is 41.9 Å². The van der Waals surface area contributed by atoms with E-state index in [9.17, 15) is 0 Å². The SMILES string of the molecule is COc1ccccc1-c1cc(C2CCNCC2)nc(C)n1. The maximum atomic E-state index is 5.45. The first kappa shape index (κ1) is 14.0. The topological polar surface area (TPSA) is 47.0 Å². The molecule has 0 radical (unpaired) electrons. The van der Waals surface area contributed by atoms with E-state index in [1.807, 2.05) is 31.2 Å². The highest BCUT2D eigenvalue weighted by atomic mass is 16.5. The molecule has 1 aliphatic heterocycles. The molecule has 3 rings (SSSR count). The third kappa shape index (κ3) is 3.05.